The van der Waals surface area contributed by atoms with Crippen LogP contribution in [0, 0.1) is 17.3 Å². The van der Waals surface area contributed by atoms with Crippen LogP contribution in [0.4, 0.5) is 0 Å². The Kier molecular flexibility index (Phi) is 9.55. The fraction of sp³-hybridized carbons (Fsp3) is 0.591. The Morgan fingerprint density at radius 1 is 1.14 bits per heavy atom. The van der Waals surface area contributed by atoms with Crippen molar-refractivity contribution in [2.45, 2.75) is 78.8 Å². The number of halogens is 2. The SMILES string of the molecule is CCC(Oc1cc(Cl)cc(Cl)c1)C(=O)NC(C)(C)C#CC(O[SiH](C)C)C(C)(C)C. The first-order valence-corrected chi connectivity index (χ1v) is 13.4. The quantitative estimate of drug-likeness (QED) is 0.436. The van der Waals surface area contributed by atoms with E-state index in [-0.39, 0.29) is 17.4 Å². The summed E-state index contributed by atoms with van der Waals surface area (Å²) in [4.78, 5) is 12.8. The Bertz CT molecular complexity index is 743. The van der Waals surface area contributed by atoms with Crippen molar-refractivity contribution in [2.75, 3.05) is 0 Å². The van der Waals surface area contributed by atoms with Crippen molar-refractivity contribution in [3.63, 3.8) is 0 Å². The number of benzene rings is 1. The molecule has 0 heterocycles. The highest BCUT2D eigenvalue weighted by molar-refractivity contribution is 6.48. The fourth-order valence-corrected chi connectivity index (χ4v) is 4.00. The summed E-state index contributed by atoms with van der Waals surface area (Å²) in [6.07, 6.45) is -0.368. The number of hydrogen-bond donors (Lipinski definition) is 1. The maximum atomic E-state index is 12.8. The normalized spacial score (nSPS) is 14.0. The molecule has 1 aromatic carbocycles. The number of carbonyl (C=O) groups is 1. The Morgan fingerprint density at radius 3 is 2.14 bits per heavy atom. The van der Waals surface area contributed by atoms with E-state index < -0.39 is 20.7 Å². The van der Waals surface area contributed by atoms with Gasteiger partial charge in [0.25, 0.3) is 5.91 Å². The summed E-state index contributed by atoms with van der Waals surface area (Å²) >= 11 is 12.0. The van der Waals surface area contributed by atoms with Crippen molar-refractivity contribution in [1.82, 2.24) is 5.32 Å². The first kappa shape index (κ1) is 25.8. The van der Waals surface area contributed by atoms with Gasteiger partial charge in [0, 0.05) is 10.0 Å². The van der Waals surface area contributed by atoms with Crippen molar-refractivity contribution in [1.29, 1.82) is 0 Å². The van der Waals surface area contributed by atoms with Crippen molar-refractivity contribution < 1.29 is 14.0 Å². The number of nitrogens with one attached hydrogen (secondary N) is 1. The summed E-state index contributed by atoms with van der Waals surface area (Å²) in [6, 6.07) is 4.88. The van der Waals surface area contributed by atoms with Gasteiger partial charge >= 0.3 is 0 Å². The highest BCUT2D eigenvalue weighted by atomic mass is 35.5. The number of ether oxygens (including phenoxy) is 1. The maximum absolute atomic E-state index is 12.8. The summed E-state index contributed by atoms with van der Waals surface area (Å²) in [5.41, 5.74) is -0.837. The zero-order valence-electron chi connectivity index (χ0n) is 18.7. The second kappa shape index (κ2) is 10.7. The summed E-state index contributed by atoms with van der Waals surface area (Å²) in [6.45, 7) is 16.2. The molecule has 0 bridgehead atoms. The molecule has 1 amide bonds. The van der Waals surface area contributed by atoms with E-state index in [1.54, 1.807) is 18.2 Å². The lowest BCUT2D eigenvalue weighted by atomic mass is 9.89. The first-order chi connectivity index (χ1) is 13.2. The van der Waals surface area contributed by atoms with Crippen LogP contribution in [0.2, 0.25) is 23.1 Å². The van der Waals surface area contributed by atoms with E-state index in [0.29, 0.717) is 22.2 Å². The predicted molar refractivity (Wildman–Crippen MR) is 124 cm³/mol. The van der Waals surface area contributed by atoms with Gasteiger partial charge in [-0.05, 0) is 57.0 Å². The van der Waals surface area contributed by atoms with E-state index in [4.69, 9.17) is 32.4 Å². The molecule has 0 aliphatic heterocycles. The molecular weight excluding hydrogens is 425 g/mol. The van der Waals surface area contributed by atoms with Crippen LogP contribution in [0.15, 0.2) is 18.2 Å². The second-order valence-electron chi connectivity index (χ2n) is 8.93. The summed E-state index contributed by atoms with van der Waals surface area (Å²) in [7, 11) is -1.24. The first-order valence-electron chi connectivity index (χ1n) is 9.86. The minimum absolute atomic E-state index is 0.106. The van der Waals surface area contributed by atoms with Crippen LogP contribution >= 0.6 is 23.2 Å². The van der Waals surface area contributed by atoms with Gasteiger partial charge in [-0.1, -0.05) is 62.7 Å². The van der Waals surface area contributed by atoms with Gasteiger partial charge < -0.3 is 14.5 Å². The minimum atomic E-state index is -1.24. The average Bonchev–Trinajstić information content (AvgIpc) is 2.53. The number of hydrogen-bond acceptors (Lipinski definition) is 3. The summed E-state index contributed by atoms with van der Waals surface area (Å²) < 4.78 is 11.9. The average molecular weight is 459 g/mol. The van der Waals surface area contributed by atoms with Crippen LogP contribution in [0.3, 0.4) is 0 Å². The monoisotopic (exact) mass is 457 g/mol. The van der Waals surface area contributed by atoms with Crippen molar-refractivity contribution in [3.05, 3.63) is 28.2 Å². The molecule has 1 N–H and O–H groups in total. The Hall–Kier alpha value is -1.19. The topological polar surface area (TPSA) is 47.6 Å². The van der Waals surface area contributed by atoms with Gasteiger partial charge in [-0.25, -0.2) is 0 Å². The number of carbonyl (C=O) groups excluding carboxylic acids is 1. The van der Waals surface area contributed by atoms with Gasteiger partial charge in [-0.2, -0.15) is 0 Å². The second-order valence-corrected chi connectivity index (χ2v) is 12.2. The van der Waals surface area contributed by atoms with Crippen LogP contribution in [0.1, 0.15) is 48.0 Å². The molecule has 0 saturated heterocycles. The van der Waals surface area contributed by atoms with Crippen molar-refractivity contribution in [3.8, 4) is 17.6 Å². The van der Waals surface area contributed by atoms with Gasteiger partial charge in [-0.15, -0.1) is 0 Å². The molecule has 29 heavy (non-hydrogen) atoms. The van der Waals surface area contributed by atoms with Gasteiger partial charge in [0.15, 0.2) is 15.1 Å². The van der Waals surface area contributed by atoms with Crippen molar-refractivity contribution >= 4 is 38.1 Å². The van der Waals surface area contributed by atoms with E-state index in [1.807, 2.05) is 20.8 Å². The van der Waals surface area contributed by atoms with E-state index in [2.05, 4.69) is 51.0 Å². The largest absolute Gasteiger partial charge is 0.481 e. The molecule has 1 aromatic rings. The molecule has 0 saturated carbocycles. The van der Waals surface area contributed by atoms with Gasteiger partial charge in [0.2, 0.25) is 0 Å². The van der Waals surface area contributed by atoms with Gasteiger partial charge in [-0.3, -0.25) is 4.79 Å². The zero-order chi connectivity index (χ0) is 22.4. The predicted octanol–water partition coefficient (Wildman–Crippen LogP) is 5.46. The summed E-state index contributed by atoms with van der Waals surface area (Å²) in [5.74, 6) is 6.62. The van der Waals surface area contributed by atoms with E-state index >= 15 is 0 Å². The Morgan fingerprint density at radius 2 is 1.69 bits per heavy atom. The molecule has 0 aliphatic carbocycles. The molecule has 4 nitrogen and oxygen atoms in total. The third-order valence-corrected chi connectivity index (χ3v) is 5.18. The molecule has 7 heteroatoms. The molecule has 0 fully saturated rings. The van der Waals surface area contributed by atoms with Gasteiger partial charge in [0.05, 0.1) is 5.54 Å². The van der Waals surface area contributed by atoms with E-state index in [1.165, 1.54) is 0 Å². The van der Waals surface area contributed by atoms with Crippen LogP contribution in [0.5, 0.6) is 5.75 Å². The van der Waals surface area contributed by atoms with Gasteiger partial charge in [0.1, 0.15) is 11.9 Å². The number of amides is 1. The molecule has 0 radical (unpaired) electrons. The van der Waals surface area contributed by atoms with E-state index in [9.17, 15) is 4.79 Å². The van der Waals surface area contributed by atoms with Crippen molar-refractivity contribution in [2.24, 2.45) is 5.41 Å². The number of rotatable bonds is 7. The molecule has 0 aromatic heterocycles. The lowest BCUT2D eigenvalue weighted by Gasteiger charge is -2.29. The molecule has 162 valence electrons. The van der Waals surface area contributed by atoms with Crippen LogP contribution in [-0.4, -0.2) is 32.7 Å². The van der Waals surface area contributed by atoms with E-state index in [0.717, 1.165) is 0 Å². The smallest absolute Gasteiger partial charge is 0.262 e. The van der Waals surface area contributed by atoms with Crippen LogP contribution < -0.4 is 10.1 Å². The van der Waals surface area contributed by atoms with Crippen LogP contribution in [0.25, 0.3) is 0 Å². The fourth-order valence-electron chi connectivity index (χ4n) is 2.48. The zero-order valence-corrected chi connectivity index (χ0v) is 21.3. The van der Waals surface area contributed by atoms with Crippen LogP contribution in [-0.2, 0) is 9.22 Å². The molecular formula is C22H33Cl2NO3Si. The maximum Gasteiger partial charge on any atom is 0.262 e. The minimum Gasteiger partial charge on any atom is -0.481 e. The third-order valence-electron chi connectivity index (χ3n) is 3.92. The Balaban J connectivity index is 2.91. The molecule has 1 rings (SSSR count). The molecule has 2 unspecified atom stereocenters. The molecule has 0 aliphatic rings. The highest BCUT2D eigenvalue weighted by Gasteiger charge is 2.28. The molecule has 2 atom stereocenters. The third kappa shape index (κ3) is 9.44. The molecule has 0 spiro atoms. The lowest BCUT2D eigenvalue weighted by molar-refractivity contribution is -0.129. The summed E-state index contributed by atoms with van der Waals surface area (Å²) in [5, 5.41) is 3.88. The lowest BCUT2D eigenvalue weighted by Crippen LogP contribution is -2.48. The Labute approximate surface area is 187 Å². The standard InChI is InChI=1S/C22H33Cl2NO3Si/c1-9-18(27-17-13-15(23)12-16(24)14-17)20(26)25-22(5,6)11-10-19(21(2,3)4)28-29(7)8/h12-14,18-19,29H,9H2,1-8H3,(H,25,26). The highest BCUT2D eigenvalue weighted by Crippen LogP contribution is 2.26.